The molecule has 0 saturated carbocycles. The molecule has 2 aliphatic carbocycles. The topological polar surface area (TPSA) is 20.2 Å². The van der Waals surface area contributed by atoms with E-state index in [9.17, 15) is 0 Å². The van der Waals surface area contributed by atoms with Gasteiger partial charge in [-0.25, -0.2) is 0 Å². The summed E-state index contributed by atoms with van der Waals surface area (Å²) < 4.78 is 0. The molecule has 0 fully saturated rings. The minimum absolute atomic E-state index is 0.442. The molecule has 0 aromatic rings. The Kier molecular flexibility index (Phi) is 0.294. The Balaban J connectivity index is 3.02. The molecule has 34 valence electrons. The van der Waals surface area contributed by atoms with Crippen LogP contribution in [0.1, 0.15) is 0 Å². The van der Waals surface area contributed by atoms with Gasteiger partial charge in [-0.3, -0.25) is 0 Å². The molecule has 0 bridgehead atoms. The highest BCUT2D eigenvalue weighted by molar-refractivity contribution is 5.37. The van der Waals surface area contributed by atoms with Gasteiger partial charge in [-0.2, -0.15) is 0 Å². The van der Waals surface area contributed by atoms with Crippen LogP contribution in [0.15, 0.2) is 18.2 Å². The molecule has 0 amide bonds. The molecule has 1 N–H and O–H groups in total. The van der Waals surface area contributed by atoms with E-state index in [1.807, 2.05) is 12.1 Å². The molecule has 0 atom stereocenters. The number of benzene rings is 1. The zero-order chi connectivity index (χ0) is 4.85. The van der Waals surface area contributed by atoms with Crippen molar-refractivity contribution in [1.82, 2.24) is 0 Å². The number of hydrogen-bond acceptors (Lipinski definition) is 1. The molecule has 7 heavy (non-hydrogen) atoms. The van der Waals surface area contributed by atoms with Crippen LogP contribution in [0.3, 0.4) is 0 Å². The van der Waals surface area contributed by atoms with E-state index in [0.29, 0.717) is 5.75 Å². The number of rotatable bonds is 0. The second kappa shape index (κ2) is 0.668. The first kappa shape index (κ1) is 3.08. The lowest BCUT2D eigenvalue weighted by Gasteiger charge is -2.02. The Morgan fingerprint density at radius 2 is 2.14 bits per heavy atom. The Morgan fingerprint density at radius 1 is 1.29 bits per heavy atom. The van der Waals surface area contributed by atoms with E-state index in [4.69, 9.17) is 5.11 Å². The molecule has 2 aliphatic rings. The summed E-state index contributed by atoms with van der Waals surface area (Å²) in [6, 6.07) is 5.65. The third kappa shape index (κ3) is 0.178. The minimum Gasteiger partial charge on any atom is -0.507 e. The highest BCUT2D eigenvalue weighted by Gasteiger charge is 2.00. The largest absolute Gasteiger partial charge is 0.507 e. The predicted octanol–water partition coefficient (Wildman–Crippen LogP) is 0.993. The lowest BCUT2D eigenvalue weighted by molar-refractivity contribution is 0.465. The average molecular weight is 92.1 g/mol. The van der Waals surface area contributed by atoms with Crippen molar-refractivity contribution < 1.29 is 5.11 Å². The standard InChI is InChI=1S/C6H4O/c7-6-3-4-1-2-5(4)6/h1-3,7H. The van der Waals surface area contributed by atoms with Crippen molar-refractivity contribution in [2.45, 2.75) is 0 Å². The maximum atomic E-state index is 8.69. The summed E-state index contributed by atoms with van der Waals surface area (Å²) in [5, 5.41) is 10.9. The summed E-state index contributed by atoms with van der Waals surface area (Å²) in [4.78, 5) is 0. The number of phenols is 1. The molecule has 0 spiro atoms. The van der Waals surface area contributed by atoms with Crippen LogP contribution in [0.25, 0.3) is 0 Å². The van der Waals surface area contributed by atoms with Gasteiger partial charge in [0.05, 0.1) is 0 Å². The van der Waals surface area contributed by atoms with E-state index in [0.717, 1.165) is 5.22 Å². The fourth-order valence-corrected chi connectivity index (χ4v) is 0.769. The van der Waals surface area contributed by atoms with E-state index in [1.165, 1.54) is 5.22 Å². The number of aromatic hydroxyl groups is 1. The van der Waals surface area contributed by atoms with E-state index < -0.39 is 0 Å². The Hall–Kier alpha value is -0.980. The van der Waals surface area contributed by atoms with Crippen molar-refractivity contribution in [3.8, 4) is 5.75 Å². The summed E-state index contributed by atoms with van der Waals surface area (Å²) >= 11 is 0. The fraction of sp³-hybridized carbons (Fsp3) is 0. The Morgan fingerprint density at radius 3 is 2.14 bits per heavy atom. The van der Waals surface area contributed by atoms with Gasteiger partial charge < -0.3 is 5.11 Å². The Bertz CT molecular complexity index is 288. The lowest BCUT2D eigenvalue weighted by atomic mass is 10.1. The molecule has 0 aromatic carbocycles. The normalized spacial score (nSPS) is 11.4. The summed E-state index contributed by atoms with van der Waals surface area (Å²) in [6.45, 7) is 0. The summed E-state index contributed by atoms with van der Waals surface area (Å²) in [5.41, 5.74) is 0. The molecule has 0 aromatic heterocycles. The fourth-order valence-electron chi connectivity index (χ4n) is 0.769. The zero-order valence-corrected chi connectivity index (χ0v) is 3.68. The highest BCUT2D eigenvalue weighted by atomic mass is 16.3. The lowest BCUT2D eigenvalue weighted by Crippen LogP contribution is -1.83. The molecule has 0 saturated heterocycles. The van der Waals surface area contributed by atoms with Gasteiger partial charge in [0, 0.05) is 5.22 Å². The van der Waals surface area contributed by atoms with Crippen molar-refractivity contribution >= 4 is 0 Å². The van der Waals surface area contributed by atoms with Crippen LogP contribution < -0.4 is 0 Å². The Labute approximate surface area is 40.5 Å². The van der Waals surface area contributed by atoms with Gasteiger partial charge >= 0.3 is 0 Å². The minimum atomic E-state index is 0.442. The molecule has 0 heterocycles. The number of phenolic OH excluding ortho intramolecular Hbond substituents is 1. The van der Waals surface area contributed by atoms with Gasteiger partial charge in [0.2, 0.25) is 0 Å². The van der Waals surface area contributed by atoms with E-state index >= 15 is 0 Å². The van der Waals surface area contributed by atoms with Crippen molar-refractivity contribution in [2.24, 2.45) is 0 Å². The second-order valence-corrected chi connectivity index (χ2v) is 1.73. The third-order valence-electron chi connectivity index (χ3n) is 1.31. The average Bonchev–Trinajstić information content (AvgIpc) is 1.59. The summed E-state index contributed by atoms with van der Waals surface area (Å²) in [7, 11) is 0. The molecule has 0 radical (unpaired) electrons. The maximum absolute atomic E-state index is 8.69. The highest BCUT2D eigenvalue weighted by Crippen LogP contribution is 2.21. The first-order valence-electron chi connectivity index (χ1n) is 2.21. The first-order valence-corrected chi connectivity index (χ1v) is 2.21. The van der Waals surface area contributed by atoms with Crippen LogP contribution in [0.2, 0.25) is 0 Å². The van der Waals surface area contributed by atoms with Crippen LogP contribution in [0, 0.1) is 10.4 Å². The maximum Gasteiger partial charge on any atom is 0.124 e. The molecule has 0 aliphatic heterocycles. The zero-order valence-electron chi connectivity index (χ0n) is 3.68. The van der Waals surface area contributed by atoms with Crippen molar-refractivity contribution in [3.63, 3.8) is 0 Å². The summed E-state index contributed by atoms with van der Waals surface area (Å²) in [6.07, 6.45) is 0. The molecule has 0 unspecified atom stereocenters. The first-order chi connectivity index (χ1) is 3.38. The molecular weight excluding hydrogens is 88.1 g/mol. The molecule has 1 nitrogen and oxygen atoms in total. The van der Waals surface area contributed by atoms with Crippen LogP contribution >= 0.6 is 0 Å². The quantitative estimate of drug-likeness (QED) is 0.513. The third-order valence-corrected chi connectivity index (χ3v) is 1.31. The van der Waals surface area contributed by atoms with Crippen molar-refractivity contribution in [2.75, 3.05) is 0 Å². The summed E-state index contributed by atoms with van der Waals surface area (Å²) in [5.74, 6) is 0.442. The monoisotopic (exact) mass is 92.0 g/mol. The predicted molar refractivity (Wildman–Crippen MR) is 25.8 cm³/mol. The number of hydrogen-bond donors (Lipinski definition) is 1. The molecule has 1 heteroatoms. The SMILES string of the molecule is Oc1cc2ccc1=2. The van der Waals surface area contributed by atoms with Crippen LogP contribution in [0.5, 0.6) is 5.75 Å². The van der Waals surface area contributed by atoms with Gasteiger partial charge in [-0.05, 0) is 11.3 Å². The van der Waals surface area contributed by atoms with Crippen molar-refractivity contribution in [1.29, 1.82) is 0 Å². The van der Waals surface area contributed by atoms with Crippen LogP contribution in [0.4, 0.5) is 0 Å². The van der Waals surface area contributed by atoms with Crippen molar-refractivity contribution in [3.05, 3.63) is 28.6 Å². The van der Waals surface area contributed by atoms with Gasteiger partial charge in [-0.15, -0.1) is 0 Å². The van der Waals surface area contributed by atoms with Crippen LogP contribution in [-0.2, 0) is 0 Å². The van der Waals surface area contributed by atoms with E-state index in [-0.39, 0.29) is 0 Å². The van der Waals surface area contributed by atoms with E-state index in [1.54, 1.807) is 6.07 Å². The van der Waals surface area contributed by atoms with Gasteiger partial charge in [0.15, 0.2) is 0 Å². The molecular formula is C6H4O. The molecule has 2 rings (SSSR count). The smallest absolute Gasteiger partial charge is 0.124 e. The van der Waals surface area contributed by atoms with Gasteiger partial charge in [0.1, 0.15) is 5.75 Å². The second-order valence-electron chi connectivity index (χ2n) is 1.73. The van der Waals surface area contributed by atoms with Crippen LogP contribution in [-0.4, -0.2) is 5.11 Å². The van der Waals surface area contributed by atoms with Gasteiger partial charge in [0.25, 0.3) is 0 Å². The van der Waals surface area contributed by atoms with E-state index in [2.05, 4.69) is 0 Å². The van der Waals surface area contributed by atoms with Gasteiger partial charge in [-0.1, -0.05) is 12.1 Å².